The van der Waals surface area contributed by atoms with E-state index in [0.717, 1.165) is 10.9 Å². The summed E-state index contributed by atoms with van der Waals surface area (Å²) < 4.78 is 1.10. The molecule has 0 saturated carbocycles. The number of nitrogens with one attached hydrogen (secondary N) is 1. The number of halogens is 1. The van der Waals surface area contributed by atoms with Crippen molar-refractivity contribution in [3.05, 3.63) is 34.3 Å². The summed E-state index contributed by atoms with van der Waals surface area (Å²) >= 11 is 3.45. The second-order valence-electron chi connectivity index (χ2n) is 3.19. The van der Waals surface area contributed by atoms with Crippen molar-refractivity contribution < 1.29 is 5.11 Å². The van der Waals surface area contributed by atoms with Gasteiger partial charge in [-0.3, -0.25) is 0 Å². The van der Waals surface area contributed by atoms with Gasteiger partial charge in [0.25, 0.3) is 0 Å². The summed E-state index contributed by atoms with van der Waals surface area (Å²) in [5, 5.41) is 12.0. The van der Waals surface area contributed by atoms with Crippen molar-refractivity contribution in [3.8, 4) is 0 Å². The molecule has 0 aliphatic carbocycles. The van der Waals surface area contributed by atoms with Crippen LogP contribution in [0.4, 0.5) is 0 Å². The largest absolute Gasteiger partial charge is 0.395 e. The maximum atomic E-state index is 8.74. The van der Waals surface area contributed by atoms with Crippen LogP contribution < -0.4 is 5.32 Å². The lowest BCUT2D eigenvalue weighted by atomic mass is 10.1. The van der Waals surface area contributed by atoms with Crippen LogP contribution in [0.15, 0.2) is 28.7 Å². The minimum Gasteiger partial charge on any atom is -0.395 e. The second kappa shape index (κ2) is 6.17. The maximum Gasteiger partial charge on any atom is 0.0556 e. The second-order valence-corrected chi connectivity index (χ2v) is 4.11. The molecular formula is C11H16BrNO. The first-order valence-electron chi connectivity index (χ1n) is 4.87. The normalized spacial score (nSPS) is 12.8. The summed E-state index contributed by atoms with van der Waals surface area (Å²) in [7, 11) is 0. The van der Waals surface area contributed by atoms with E-state index in [1.165, 1.54) is 5.56 Å². The first kappa shape index (κ1) is 11.7. The van der Waals surface area contributed by atoms with Crippen molar-refractivity contribution in [1.82, 2.24) is 5.32 Å². The van der Waals surface area contributed by atoms with E-state index in [2.05, 4.69) is 40.3 Å². The van der Waals surface area contributed by atoms with Gasteiger partial charge in [-0.1, -0.05) is 35.0 Å². The molecule has 78 valence electrons. The lowest BCUT2D eigenvalue weighted by molar-refractivity contribution is 0.283. The molecule has 0 bridgehead atoms. The topological polar surface area (TPSA) is 32.3 Å². The summed E-state index contributed by atoms with van der Waals surface area (Å²) in [6.07, 6.45) is 1.02. The van der Waals surface area contributed by atoms with Crippen LogP contribution in [0.3, 0.4) is 0 Å². The van der Waals surface area contributed by atoms with Gasteiger partial charge in [-0.05, 0) is 24.1 Å². The van der Waals surface area contributed by atoms with Crippen LogP contribution >= 0.6 is 15.9 Å². The van der Waals surface area contributed by atoms with Gasteiger partial charge in [0, 0.05) is 17.1 Å². The lowest BCUT2D eigenvalue weighted by Crippen LogP contribution is -2.23. The SMILES string of the molecule is CC[C@@H](NCCO)c1cccc(Br)c1. The van der Waals surface area contributed by atoms with E-state index in [4.69, 9.17) is 5.11 Å². The van der Waals surface area contributed by atoms with Gasteiger partial charge in [0.05, 0.1) is 6.61 Å². The highest BCUT2D eigenvalue weighted by atomic mass is 79.9. The van der Waals surface area contributed by atoms with Gasteiger partial charge in [0.2, 0.25) is 0 Å². The molecule has 0 saturated heterocycles. The Hall–Kier alpha value is -0.380. The van der Waals surface area contributed by atoms with Crippen molar-refractivity contribution in [2.24, 2.45) is 0 Å². The zero-order valence-corrected chi connectivity index (χ0v) is 9.92. The van der Waals surface area contributed by atoms with Crippen LogP contribution in [-0.2, 0) is 0 Å². The van der Waals surface area contributed by atoms with Crippen molar-refractivity contribution in [2.45, 2.75) is 19.4 Å². The molecule has 0 heterocycles. The van der Waals surface area contributed by atoms with Crippen molar-refractivity contribution >= 4 is 15.9 Å². The Kier molecular flexibility index (Phi) is 5.15. The van der Waals surface area contributed by atoms with Crippen LogP contribution in [0.2, 0.25) is 0 Å². The Morgan fingerprint density at radius 1 is 1.50 bits per heavy atom. The van der Waals surface area contributed by atoms with E-state index in [0.29, 0.717) is 12.6 Å². The molecule has 1 aromatic carbocycles. The summed E-state index contributed by atoms with van der Waals surface area (Å²) in [6.45, 7) is 2.96. The molecule has 0 amide bonds. The molecule has 3 heteroatoms. The fourth-order valence-electron chi connectivity index (χ4n) is 1.46. The minimum absolute atomic E-state index is 0.185. The van der Waals surface area contributed by atoms with Crippen molar-refractivity contribution in [2.75, 3.05) is 13.2 Å². The lowest BCUT2D eigenvalue weighted by Gasteiger charge is -2.16. The molecule has 2 N–H and O–H groups in total. The van der Waals surface area contributed by atoms with E-state index in [9.17, 15) is 0 Å². The summed E-state index contributed by atoms with van der Waals surface area (Å²) in [6, 6.07) is 8.59. The van der Waals surface area contributed by atoms with E-state index in [1.807, 2.05) is 12.1 Å². The van der Waals surface area contributed by atoms with Gasteiger partial charge < -0.3 is 10.4 Å². The molecule has 14 heavy (non-hydrogen) atoms. The predicted molar refractivity (Wildman–Crippen MR) is 62.3 cm³/mol. The quantitative estimate of drug-likeness (QED) is 0.850. The molecule has 1 atom stereocenters. The summed E-state index contributed by atoms with van der Waals surface area (Å²) in [4.78, 5) is 0. The van der Waals surface area contributed by atoms with Crippen molar-refractivity contribution in [1.29, 1.82) is 0 Å². The minimum atomic E-state index is 0.185. The van der Waals surface area contributed by atoms with Crippen LogP contribution in [0.1, 0.15) is 24.9 Å². The molecule has 0 radical (unpaired) electrons. The standard InChI is InChI=1S/C11H16BrNO/c1-2-11(13-6-7-14)9-4-3-5-10(12)8-9/h3-5,8,11,13-14H,2,6-7H2,1H3/t11-/m1/s1. The molecule has 0 aromatic heterocycles. The highest BCUT2D eigenvalue weighted by Gasteiger charge is 2.07. The molecule has 0 spiro atoms. The third kappa shape index (κ3) is 3.40. The zero-order valence-electron chi connectivity index (χ0n) is 8.33. The van der Waals surface area contributed by atoms with Crippen LogP contribution in [0, 0.1) is 0 Å². The Balaban J connectivity index is 2.68. The molecule has 1 rings (SSSR count). The van der Waals surface area contributed by atoms with E-state index in [1.54, 1.807) is 0 Å². The Bertz CT molecular complexity index is 278. The smallest absolute Gasteiger partial charge is 0.0556 e. The van der Waals surface area contributed by atoms with Crippen LogP contribution in [0.25, 0.3) is 0 Å². The first-order valence-corrected chi connectivity index (χ1v) is 5.67. The maximum absolute atomic E-state index is 8.74. The van der Waals surface area contributed by atoms with Crippen molar-refractivity contribution in [3.63, 3.8) is 0 Å². The molecule has 0 unspecified atom stereocenters. The molecule has 0 aliphatic rings. The number of aliphatic hydroxyl groups is 1. The van der Waals surface area contributed by atoms with Gasteiger partial charge in [0.15, 0.2) is 0 Å². The number of rotatable bonds is 5. The number of hydrogen-bond acceptors (Lipinski definition) is 2. The Labute approximate surface area is 93.5 Å². The fourth-order valence-corrected chi connectivity index (χ4v) is 1.88. The first-order chi connectivity index (χ1) is 6.77. The third-order valence-electron chi connectivity index (χ3n) is 2.16. The third-order valence-corrected chi connectivity index (χ3v) is 2.66. The van der Waals surface area contributed by atoms with E-state index < -0.39 is 0 Å². The highest BCUT2D eigenvalue weighted by Crippen LogP contribution is 2.20. The number of benzene rings is 1. The Morgan fingerprint density at radius 2 is 2.29 bits per heavy atom. The summed E-state index contributed by atoms with van der Waals surface area (Å²) in [5.74, 6) is 0. The van der Waals surface area contributed by atoms with E-state index in [-0.39, 0.29) is 6.61 Å². The average Bonchev–Trinajstić information content (AvgIpc) is 2.19. The van der Waals surface area contributed by atoms with Gasteiger partial charge in [-0.2, -0.15) is 0 Å². The average molecular weight is 258 g/mol. The van der Waals surface area contributed by atoms with E-state index >= 15 is 0 Å². The van der Waals surface area contributed by atoms with Crippen LogP contribution in [-0.4, -0.2) is 18.3 Å². The van der Waals surface area contributed by atoms with Gasteiger partial charge >= 0.3 is 0 Å². The molecule has 1 aromatic rings. The van der Waals surface area contributed by atoms with Gasteiger partial charge in [-0.15, -0.1) is 0 Å². The Morgan fingerprint density at radius 3 is 2.86 bits per heavy atom. The van der Waals surface area contributed by atoms with Crippen LogP contribution in [0.5, 0.6) is 0 Å². The zero-order chi connectivity index (χ0) is 10.4. The highest BCUT2D eigenvalue weighted by molar-refractivity contribution is 9.10. The molecule has 0 aliphatic heterocycles. The number of aliphatic hydroxyl groups excluding tert-OH is 1. The monoisotopic (exact) mass is 257 g/mol. The molecular weight excluding hydrogens is 242 g/mol. The fraction of sp³-hybridized carbons (Fsp3) is 0.455. The number of hydrogen-bond donors (Lipinski definition) is 2. The molecule has 0 fully saturated rings. The van der Waals surface area contributed by atoms with Gasteiger partial charge in [0.1, 0.15) is 0 Å². The predicted octanol–water partition coefficient (Wildman–Crippen LogP) is 2.48. The summed E-state index contributed by atoms with van der Waals surface area (Å²) in [5.41, 5.74) is 1.26. The van der Waals surface area contributed by atoms with Gasteiger partial charge in [-0.25, -0.2) is 0 Å². The molecule has 2 nitrogen and oxygen atoms in total.